The molecule has 1 aliphatic heterocycles. The van der Waals surface area contributed by atoms with Gasteiger partial charge in [0.1, 0.15) is 10.7 Å². The summed E-state index contributed by atoms with van der Waals surface area (Å²) < 4.78 is 28.9. The van der Waals surface area contributed by atoms with Crippen LogP contribution in [0.25, 0.3) is 0 Å². The van der Waals surface area contributed by atoms with E-state index in [0.717, 1.165) is 12.8 Å². The summed E-state index contributed by atoms with van der Waals surface area (Å²) in [6, 6.07) is 1.55. The molecule has 0 bridgehead atoms. The lowest BCUT2D eigenvalue weighted by Crippen LogP contribution is -2.31. The molecule has 0 unspecified atom stereocenters. The highest BCUT2D eigenvalue weighted by molar-refractivity contribution is 7.89. The Labute approximate surface area is 130 Å². The summed E-state index contributed by atoms with van der Waals surface area (Å²) in [5.41, 5.74) is 0. The summed E-state index contributed by atoms with van der Waals surface area (Å²) in [4.78, 5) is 8.65. The Kier molecular flexibility index (Phi) is 3.96. The molecule has 0 aliphatic carbocycles. The molecule has 0 amide bonds. The topological polar surface area (TPSA) is 81.0 Å². The van der Waals surface area contributed by atoms with E-state index in [0.29, 0.717) is 12.4 Å². The van der Waals surface area contributed by atoms with Crippen molar-refractivity contribution >= 4 is 10.0 Å². The fourth-order valence-corrected chi connectivity index (χ4v) is 4.24. The van der Waals surface area contributed by atoms with Gasteiger partial charge in [-0.3, -0.25) is 4.68 Å². The van der Waals surface area contributed by atoms with Crippen LogP contribution in [-0.2, 0) is 10.0 Å². The van der Waals surface area contributed by atoms with E-state index in [9.17, 15) is 8.42 Å². The molecule has 7 nitrogen and oxygen atoms in total. The summed E-state index contributed by atoms with van der Waals surface area (Å²) in [7, 11) is -3.58. The zero-order valence-corrected chi connectivity index (χ0v) is 13.4. The predicted octanol–water partition coefficient (Wildman–Crippen LogP) is 1.78. The second-order valence-corrected chi connectivity index (χ2v) is 7.52. The van der Waals surface area contributed by atoms with E-state index in [-0.39, 0.29) is 17.0 Å². The molecule has 1 fully saturated rings. The second-order valence-electron chi connectivity index (χ2n) is 5.63. The maximum absolute atomic E-state index is 12.9. The average molecular weight is 321 g/mol. The molecule has 1 aliphatic rings. The maximum Gasteiger partial charge on any atom is 0.246 e. The third-order valence-corrected chi connectivity index (χ3v) is 5.66. The number of sulfonamides is 1. The number of hydrogen-bond acceptors (Lipinski definition) is 5. The van der Waals surface area contributed by atoms with Crippen LogP contribution in [0.5, 0.6) is 0 Å². The fourth-order valence-electron chi connectivity index (χ4n) is 2.64. The molecule has 2 aromatic rings. The molecule has 22 heavy (non-hydrogen) atoms. The van der Waals surface area contributed by atoms with Crippen molar-refractivity contribution in [2.45, 2.75) is 43.7 Å². The Bertz CT molecular complexity index is 742. The summed E-state index contributed by atoms with van der Waals surface area (Å²) in [5.74, 6) is 0.555. The second kappa shape index (κ2) is 5.77. The van der Waals surface area contributed by atoms with Crippen LogP contribution in [-0.4, -0.2) is 39.0 Å². The normalized spacial score (nSPS) is 19.9. The molecule has 1 saturated heterocycles. The summed E-state index contributed by atoms with van der Waals surface area (Å²) >= 11 is 0. The van der Waals surface area contributed by atoms with E-state index in [1.807, 2.05) is 13.8 Å². The highest BCUT2D eigenvalue weighted by Crippen LogP contribution is 2.34. The van der Waals surface area contributed by atoms with Crippen LogP contribution in [0.15, 0.2) is 35.7 Å². The zero-order valence-electron chi connectivity index (χ0n) is 12.6. The maximum atomic E-state index is 12.9. The lowest BCUT2D eigenvalue weighted by Gasteiger charge is -2.22. The molecule has 3 heterocycles. The van der Waals surface area contributed by atoms with E-state index in [2.05, 4.69) is 15.1 Å². The molecular weight excluding hydrogens is 302 g/mol. The molecule has 118 valence electrons. The van der Waals surface area contributed by atoms with Crippen LogP contribution >= 0.6 is 0 Å². The molecular formula is C14H19N5O2S. The summed E-state index contributed by atoms with van der Waals surface area (Å²) in [6.07, 6.45) is 7.82. The lowest BCUT2D eigenvalue weighted by atomic mass is 10.2. The van der Waals surface area contributed by atoms with Gasteiger partial charge < -0.3 is 0 Å². The van der Waals surface area contributed by atoms with Gasteiger partial charge in [-0.25, -0.2) is 18.4 Å². The van der Waals surface area contributed by atoms with E-state index in [1.165, 1.54) is 10.5 Å². The SMILES string of the molecule is CC(C)n1cc(S(=O)(=O)N2CCC[C@H]2c2ncccn2)cn1. The van der Waals surface area contributed by atoms with Crippen LogP contribution in [0.4, 0.5) is 0 Å². The van der Waals surface area contributed by atoms with Crippen LogP contribution in [0.3, 0.4) is 0 Å². The highest BCUT2D eigenvalue weighted by atomic mass is 32.2. The van der Waals surface area contributed by atoms with Crippen molar-refractivity contribution < 1.29 is 8.42 Å². The highest BCUT2D eigenvalue weighted by Gasteiger charge is 2.38. The Morgan fingerprint density at radius 3 is 2.64 bits per heavy atom. The molecule has 8 heteroatoms. The minimum atomic E-state index is -3.58. The van der Waals surface area contributed by atoms with Crippen molar-refractivity contribution in [1.29, 1.82) is 0 Å². The molecule has 0 radical (unpaired) electrons. The van der Waals surface area contributed by atoms with Gasteiger partial charge >= 0.3 is 0 Å². The van der Waals surface area contributed by atoms with E-state index >= 15 is 0 Å². The molecule has 3 rings (SSSR count). The first-order valence-electron chi connectivity index (χ1n) is 7.33. The van der Waals surface area contributed by atoms with E-state index < -0.39 is 10.0 Å². The zero-order chi connectivity index (χ0) is 15.7. The predicted molar refractivity (Wildman–Crippen MR) is 80.5 cm³/mol. The molecule has 1 atom stereocenters. The van der Waals surface area contributed by atoms with Crippen molar-refractivity contribution in [2.75, 3.05) is 6.54 Å². The first kappa shape index (κ1) is 15.1. The van der Waals surface area contributed by atoms with Crippen molar-refractivity contribution in [3.8, 4) is 0 Å². The Morgan fingerprint density at radius 1 is 1.27 bits per heavy atom. The number of hydrogen-bond donors (Lipinski definition) is 0. The Balaban J connectivity index is 1.93. The van der Waals surface area contributed by atoms with Crippen LogP contribution in [0.2, 0.25) is 0 Å². The van der Waals surface area contributed by atoms with Crippen molar-refractivity contribution in [2.24, 2.45) is 0 Å². The first-order chi connectivity index (χ1) is 10.5. The van der Waals surface area contributed by atoms with Gasteiger partial charge in [0.25, 0.3) is 0 Å². The third-order valence-electron chi connectivity index (χ3n) is 3.80. The van der Waals surface area contributed by atoms with Crippen molar-refractivity contribution in [3.63, 3.8) is 0 Å². The molecule has 0 aromatic carbocycles. The Hall–Kier alpha value is -1.80. The minimum absolute atomic E-state index is 0.121. The van der Waals surface area contributed by atoms with Gasteiger partial charge in [0.2, 0.25) is 10.0 Å². The van der Waals surface area contributed by atoms with Crippen molar-refractivity contribution in [3.05, 3.63) is 36.7 Å². The van der Waals surface area contributed by atoms with Gasteiger partial charge in [0.05, 0.1) is 12.2 Å². The molecule has 2 aromatic heterocycles. The van der Waals surface area contributed by atoms with Gasteiger partial charge in [-0.15, -0.1) is 0 Å². The molecule has 0 saturated carbocycles. The average Bonchev–Trinajstić information content (AvgIpc) is 3.18. The van der Waals surface area contributed by atoms with Gasteiger partial charge in [-0.05, 0) is 32.8 Å². The number of aromatic nitrogens is 4. The van der Waals surface area contributed by atoms with Gasteiger partial charge in [-0.2, -0.15) is 9.40 Å². The Morgan fingerprint density at radius 2 is 2.00 bits per heavy atom. The fraction of sp³-hybridized carbons (Fsp3) is 0.500. The summed E-state index contributed by atoms with van der Waals surface area (Å²) in [5, 5.41) is 4.13. The largest absolute Gasteiger partial charge is 0.269 e. The monoisotopic (exact) mass is 321 g/mol. The quantitative estimate of drug-likeness (QED) is 0.857. The molecule has 0 N–H and O–H groups in total. The lowest BCUT2D eigenvalue weighted by molar-refractivity contribution is 0.383. The third kappa shape index (κ3) is 2.64. The van der Waals surface area contributed by atoms with Crippen LogP contribution < -0.4 is 0 Å². The van der Waals surface area contributed by atoms with E-state index in [4.69, 9.17) is 0 Å². The number of rotatable bonds is 4. The van der Waals surface area contributed by atoms with Gasteiger partial charge in [0.15, 0.2) is 0 Å². The number of nitrogens with zero attached hydrogens (tertiary/aromatic N) is 5. The molecule has 0 spiro atoms. The first-order valence-corrected chi connectivity index (χ1v) is 8.77. The minimum Gasteiger partial charge on any atom is -0.269 e. The van der Waals surface area contributed by atoms with Gasteiger partial charge in [0, 0.05) is 31.2 Å². The van der Waals surface area contributed by atoms with Crippen molar-refractivity contribution in [1.82, 2.24) is 24.1 Å². The van der Waals surface area contributed by atoms with Gasteiger partial charge in [-0.1, -0.05) is 0 Å². The summed E-state index contributed by atoms with van der Waals surface area (Å²) in [6.45, 7) is 4.40. The van der Waals surface area contributed by atoms with E-state index in [1.54, 1.807) is 29.3 Å². The smallest absolute Gasteiger partial charge is 0.246 e. The van der Waals surface area contributed by atoms with Crippen LogP contribution in [0.1, 0.15) is 44.6 Å². The standard InChI is InChI=1S/C14H19N5O2S/c1-11(2)18-10-12(9-17-18)22(20,21)19-8-3-5-13(19)14-15-6-4-7-16-14/h4,6-7,9-11,13H,3,5,8H2,1-2H3/t13-/m0/s1. The van der Waals surface area contributed by atoms with Crippen LogP contribution in [0, 0.1) is 0 Å².